The smallest absolute Gasteiger partial charge is 0.309 e. The molecule has 0 spiro atoms. The van der Waals surface area contributed by atoms with E-state index in [0.29, 0.717) is 17.8 Å². The second-order valence-electron chi connectivity index (χ2n) is 4.29. The van der Waals surface area contributed by atoms with Crippen molar-refractivity contribution in [1.82, 2.24) is 0 Å². The fraction of sp³-hybridized carbons (Fsp3) is 0.667. The average molecular weight is 242 g/mol. The molecule has 0 radical (unpaired) electrons. The summed E-state index contributed by atoms with van der Waals surface area (Å²) in [7, 11) is 2.68. The minimum absolute atomic E-state index is 0.0475. The van der Waals surface area contributed by atoms with E-state index in [-0.39, 0.29) is 18.1 Å². The second kappa shape index (κ2) is 5.82. The summed E-state index contributed by atoms with van der Waals surface area (Å²) in [5, 5.41) is 0. The SMILES string of the molecule is COOC1=C(C(C)C)C(=O)C[C@@H](C(=O)OC)C1. The summed E-state index contributed by atoms with van der Waals surface area (Å²) in [5.74, 6) is -0.451. The topological polar surface area (TPSA) is 61.8 Å². The molecule has 1 aliphatic rings. The number of allylic oxidation sites excluding steroid dienone is 2. The zero-order valence-electron chi connectivity index (χ0n) is 10.6. The van der Waals surface area contributed by atoms with Crippen molar-refractivity contribution in [3.63, 3.8) is 0 Å². The average Bonchev–Trinajstić information content (AvgIpc) is 2.27. The molecule has 0 aromatic heterocycles. The number of carbonyl (C=O) groups excluding carboxylic acids is 2. The molecule has 0 saturated heterocycles. The van der Waals surface area contributed by atoms with Gasteiger partial charge in [0.1, 0.15) is 5.76 Å². The van der Waals surface area contributed by atoms with Crippen LogP contribution < -0.4 is 0 Å². The number of Topliss-reactive ketones (excluding diaryl/α,β-unsaturated/α-hetero) is 1. The number of ether oxygens (including phenoxy) is 1. The van der Waals surface area contributed by atoms with Crippen LogP contribution in [0.1, 0.15) is 26.7 Å². The maximum absolute atomic E-state index is 12.0. The Balaban J connectivity index is 2.98. The van der Waals surface area contributed by atoms with Crippen molar-refractivity contribution in [3.8, 4) is 0 Å². The van der Waals surface area contributed by atoms with E-state index in [9.17, 15) is 9.59 Å². The molecule has 0 aromatic carbocycles. The molecule has 0 unspecified atom stereocenters. The van der Waals surface area contributed by atoms with Gasteiger partial charge in [0.25, 0.3) is 0 Å². The molecule has 0 saturated carbocycles. The summed E-state index contributed by atoms with van der Waals surface area (Å²) in [4.78, 5) is 33.0. The van der Waals surface area contributed by atoms with Crippen molar-refractivity contribution in [3.05, 3.63) is 11.3 Å². The number of esters is 1. The van der Waals surface area contributed by atoms with Gasteiger partial charge in [-0.05, 0) is 5.92 Å². The van der Waals surface area contributed by atoms with Crippen LogP contribution in [0.3, 0.4) is 0 Å². The molecule has 0 aromatic rings. The first-order valence-corrected chi connectivity index (χ1v) is 5.56. The van der Waals surface area contributed by atoms with Gasteiger partial charge < -0.3 is 9.62 Å². The van der Waals surface area contributed by atoms with E-state index in [1.165, 1.54) is 14.2 Å². The Morgan fingerprint density at radius 3 is 2.41 bits per heavy atom. The van der Waals surface area contributed by atoms with Crippen LogP contribution in [0.4, 0.5) is 0 Å². The van der Waals surface area contributed by atoms with Crippen molar-refractivity contribution in [1.29, 1.82) is 0 Å². The van der Waals surface area contributed by atoms with Crippen molar-refractivity contribution >= 4 is 11.8 Å². The Morgan fingerprint density at radius 2 is 1.94 bits per heavy atom. The number of methoxy groups -OCH3 is 1. The summed E-state index contributed by atoms with van der Waals surface area (Å²) >= 11 is 0. The molecule has 0 heterocycles. The van der Waals surface area contributed by atoms with Gasteiger partial charge in [0.15, 0.2) is 5.78 Å². The van der Waals surface area contributed by atoms with E-state index in [2.05, 4.69) is 9.62 Å². The molecule has 17 heavy (non-hydrogen) atoms. The molecule has 1 rings (SSSR count). The van der Waals surface area contributed by atoms with Gasteiger partial charge in [-0.15, -0.1) is 0 Å². The summed E-state index contributed by atoms with van der Waals surface area (Å²) in [6.07, 6.45) is 0.524. The van der Waals surface area contributed by atoms with Gasteiger partial charge in [0.05, 0.1) is 20.1 Å². The molecule has 0 aliphatic heterocycles. The summed E-state index contributed by atoms with van der Waals surface area (Å²) in [6, 6.07) is 0. The summed E-state index contributed by atoms with van der Waals surface area (Å²) < 4.78 is 4.65. The fourth-order valence-corrected chi connectivity index (χ4v) is 2.05. The molecule has 0 bridgehead atoms. The van der Waals surface area contributed by atoms with Crippen molar-refractivity contribution in [2.24, 2.45) is 11.8 Å². The zero-order chi connectivity index (χ0) is 13.0. The molecule has 5 heteroatoms. The lowest BCUT2D eigenvalue weighted by molar-refractivity contribution is -0.242. The number of hydrogen-bond acceptors (Lipinski definition) is 5. The summed E-state index contributed by atoms with van der Waals surface area (Å²) in [6.45, 7) is 3.81. The normalized spacial score (nSPS) is 20.8. The largest absolute Gasteiger partial charge is 0.469 e. The van der Waals surface area contributed by atoms with Crippen LogP contribution in [0, 0.1) is 11.8 Å². The number of hydrogen-bond donors (Lipinski definition) is 0. The van der Waals surface area contributed by atoms with E-state index >= 15 is 0 Å². The van der Waals surface area contributed by atoms with Crippen LogP contribution in [0.25, 0.3) is 0 Å². The molecule has 5 nitrogen and oxygen atoms in total. The van der Waals surface area contributed by atoms with Gasteiger partial charge in [-0.25, -0.2) is 0 Å². The second-order valence-corrected chi connectivity index (χ2v) is 4.29. The van der Waals surface area contributed by atoms with Crippen LogP contribution in [0.2, 0.25) is 0 Å². The highest BCUT2D eigenvalue weighted by atomic mass is 17.2. The highest BCUT2D eigenvalue weighted by molar-refractivity contribution is 5.99. The Bertz CT molecular complexity index is 343. The molecule has 96 valence electrons. The van der Waals surface area contributed by atoms with Gasteiger partial charge in [0, 0.05) is 18.4 Å². The van der Waals surface area contributed by atoms with E-state index in [1.54, 1.807) is 0 Å². The van der Waals surface area contributed by atoms with Crippen LogP contribution >= 0.6 is 0 Å². The first kappa shape index (κ1) is 13.7. The van der Waals surface area contributed by atoms with Crippen LogP contribution in [-0.2, 0) is 24.1 Å². The number of carbonyl (C=O) groups is 2. The van der Waals surface area contributed by atoms with Crippen molar-refractivity contribution in [2.75, 3.05) is 14.2 Å². The standard InChI is InChI=1S/C12H18O5/c1-7(2)11-9(13)5-8(12(14)15-3)6-10(11)17-16-4/h7-8H,5-6H2,1-4H3/t8-/m1/s1. The molecule has 1 aliphatic carbocycles. The Kier molecular flexibility index (Phi) is 4.69. The fourth-order valence-electron chi connectivity index (χ4n) is 2.05. The zero-order valence-corrected chi connectivity index (χ0v) is 10.6. The van der Waals surface area contributed by atoms with E-state index in [1.807, 2.05) is 13.8 Å². The lowest BCUT2D eigenvalue weighted by Gasteiger charge is -2.25. The third kappa shape index (κ3) is 3.06. The van der Waals surface area contributed by atoms with Crippen LogP contribution in [0.5, 0.6) is 0 Å². The third-order valence-corrected chi connectivity index (χ3v) is 2.76. The summed E-state index contributed by atoms with van der Waals surface area (Å²) in [5.41, 5.74) is 0.604. The van der Waals surface area contributed by atoms with Gasteiger partial charge >= 0.3 is 5.97 Å². The van der Waals surface area contributed by atoms with Crippen LogP contribution in [-0.4, -0.2) is 26.0 Å². The Morgan fingerprint density at radius 1 is 1.29 bits per heavy atom. The van der Waals surface area contributed by atoms with Crippen LogP contribution in [0.15, 0.2) is 11.3 Å². The minimum atomic E-state index is -0.472. The molecular weight excluding hydrogens is 224 g/mol. The molecular formula is C12H18O5. The molecule has 0 fully saturated rings. The quantitative estimate of drug-likeness (QED) is 0.426. The monoisotopic (exact) mass is 242 g/mol. The predicted molar refractivity (Wildman–Crippen MR) is 59.7 cm³/mol. The van der Waals surface area contributed by atoms with Crippen molar-refractivity contribution in [2.45, 2.75) is 26.7 Å². The maximum Gasteiger partial charge on any atom is 0.309 e. The number of rotatable bonds is 4. The molecule has 0 N–H and O–H groups in total. The van der Waals surface area contributed by atoms with E-state index < -0.39 is 11.9 Å². The Hall–Kier alpha value is -1.36. The third-order valence-electron chi connectivity index (χ3n) is 2.76. The lowest BCUT2D eigenvalue weighted by Crippen LogP contribution is -2.28. The van der Waals surface area contributed by atoms with Crippen molar-refractivity contribution < 1.29 is 24.1 Å². The van der Waals surface area contributed by atoms with Gasteiger partial charge in [-0.3, -0.25) is 9.59 Å². The minimum Gasteiger partial charge on any atom is -0.469 e. The number of ketones is 1. The molecule has 1 atom stereocenters. The highest BCUT2D eigenvalue weighted by Crippen LogP contribution is 2.32. The lowest BCUT2D eigenvalue weighted by atomic mass is 9.83. The van der Waals surface area contributed by atoms with E-state index in [4.69, 9.17) is 4.89 Å². The first-order valence-electron chi connectivity index (χ1n) is 5.56. The Labute approximate surface area is 101 Å². The highest BCUT2D eigenvalue weighted by Gasteiger charge is 2.35. The maximum atomic E-state index is 12.0. The van der Waals surface area contributed by atoms with Gasteiger partial charge in [-0.2, -0.15) is 4.89 Å². The van der Waals surface area contributed by atoms with Gasteiger partial charge in [0.2, 0.25) is 0 Å². The first-order chi connectivity index (χ1) is 8.01. The molecule has 0 amide bonds. The predicted octanol–water partition coefficient (Wildman–Crippen LogP) is 1.63. The van der Waals surface area contributed by atoms with Gasteiger partial charge in [-0.1, -0.05) is 13.8 Å². The van der Waals surface area contributed by atoms with E-state index in [0.717, 1.165) is 0 Å².